The molecule has 0 spiro atoms. The minimum absolute atomic E-state index is 0.300. The number of rotatable bonds is 5. The highest BCUT2D eigenvalue weighted by Crippen LogP contribution is 2.29. The lowest BCUT2D eigenvalue weighted by Crippen LogP contribution is -2.12. The van der Waals surface area contributed by atoms with Crippen LogP contribution in [-0.4, -0.2) is 19.6 Å². The molecule has 2 aromatic rings. The fourth-order valence-electron chi connectivity index (χ4n) is 1.87. The molecule has 0 unspecified atom stereocenters. The van der Waals surface area contributed by atoms with Gasteiger partial charge >= 0.3 is 0 Å². The Morgan fingerprint density at radius 1 is 1.14 bits per heavy atom. The molecular weight excluding hydrogens is 325 g/mol. The van der Waals surface area contributed by atoms with Crippen LogP contribution in [-0.2, 0) is 0 Å². The largest absolute Gasteiger partial charge is 0.493 e. The summed E-state index contributed by atoms with van der Waals surface area (Å²) in [6, 6.07) is 9.84. The van der Waals surface area contributed by atoms with E-state index in [1.165, 1.54) is 7.11 Å². The van der Waals surface area contributed by atoms with Gasteiger partial charge in [-0.2, -0.15) is 0 Å². The van der Waals surface area contributed by atoms with Crippen molar-refractivity contribution < 1.29 is 14.3 Å². The summed E-state index contributed by atoms with van der Waals surface area (Å²) < 4.78 is 10.7. The van der Waals surface area contributed by atoms with E-state index in [0.717, 1.165) is 0 Å². The van der Waals surface area contributed by atoms with Crippen molar-refractivity contribution in [2.45, 2.75) is 6.92 Å². The number of carbonyl (C=O) groups excluding carboxylic acids is 1. The van der Waals surface area contributed by atoms with Crippen LogP contribution in [0.1, 0.15) is 17.3 Å². The highest BCUT2D eigenvalue weighted by atomic mass is 35.5. The maximum atomic E-state index is 12.3. The zero-order valence-corrected chi connectivity index (χ0v) is 13.7. The Morgan fingerprint density at radius 2 is 1.91 bits per heavy atom. The van der Waals surface area contributed by atoms with Crippen LogP contribution in [0.3, 0.4) is 0 Å². The molecule has 0 bridgehead atoms. The number of hydrogen-bond donors (Lipinski definition) is 1. The van der Waals surface area contributed by atoms with Crippen molar-refractivity contribution >= 4 is 34.8 Å². The highest BCUT2D eigenvalue weighted by Gasteiger charge is 2.12. The number of hydrogen-bond acceptors (Lipinski definition) is 3. The number of halogens is 2. The van der Waals surface area contributed by atoms with E-state index in [1.54, 1.807) is 36.4 Å². The Morgan fingerprint density at radius 3 is 2.55 bits per heavy atom. The van der Waals surface area contributed by atoms with Crippen molar-refractivity contribution in [3.63, 3.8) is 0 Å². The second kappa shape index (κ2) is 7.38. The van der Waals surface area contributed by atoms with Crippen LogP contribution in [0.25, 0.3) is 0 Å². The molecule has 4 nitrogen and oxygen atoms in total. The molecule has 0 aliphatic carbocycles. The van der Waals surface area contributed by atoms with Crippen molar-refractivity contribution in [3.05, 3.63) is 52.0 Å². The number of methoxy groups -OCH3 is 1. The van der Waals surface area contributed by atoms with Gasteiger partial charge in [-0.25, -0.2) is 0 Å². The summed E-state index contributed by atoms with van der Waals surface area (Å²) in [5.41, 5.74) is 0.926. The standard InChI is InChI=1S/C16H15Cl2NO3/c1-3-22-14-7-4-10(8-15(14)21-2)16(20)19-13-6-5-11(17)9-12(13)18/h4-9H,3H2,1-2H3,(H,19,20). The predicted molar refractivity (Wildman–Crippen MR) is 88.6 cm³/mol. The van der Waals surface area contributed by atoms with Crippen molar-refractivity contribution in [2.24, 2.45) is 0 Å². The first-order chi connectivity index (χ1) is 10.5. The van der Waals surface area contributed by atoms with Gasteiger partial charge in [0.2, 0.25) is 0 Å². The molecule has 1 N–H and O–H groups in total. The molecule has 0 saturated carbocycles. The van der Waals surface area contributed by atoms with Crippen LogP contribution < -0.4 is 14.8 Å². The van der Waals surface area contributed by atoms with Crippen molar-refractivity contribution in [3.8, 4) is 11.5 Å². The second-order valence-corrected chi connectivity index (χ2v) is 5.22. The quantitative estimate of drug-likeness (QED) is 0.862. The van der Waals surface area contributed by atoms with Crippen LogP contribution in [0.5, 0.6) is 11.5 Å². The summed E-state index contributed by atoms with van der Waals surface area (Å²) in [6.07, 6.45) is 0. The van der Waals surface area contributed by atoms with E-state index >= 15 is 0 Å². The Bertz CT molecular complexity index is 689. The molecule has 2 aromatic carbocycles. The summed E-state index contributed by atoms with van der Waals surface area (Å²) in [4.78, 5) is 12.3. The first-order valence-corrected chi connectivity index (χ1v) is 7.38. The summed E-state index contributed by atoms with van der Waals surface area (Å²) in [5.74, 6) is 0.786. The third kappa shape index (κ3) is 3.84. The zero-order valence-electron chi connectivity index (χ0n) is 12.2. The fourth-order valence-corrected chi connectivity index (χ4v) is 2.32. The molecule has 0 heterocycles. The van der Waals surface area contributed by atoms with Gasteiger partial charge in [-0.3, -0.25) is 4.79 Å². The van der Waals surface area contributed by atoms with Crippen LogP contribution in [0, 0.1) is 0 Å². The number of benzene rings is 2. The molecule has 0 aliphatic rings. The predicted octanol–water partition coefficient (Wildman–Crippen LogP) is 4.65. The molecule has 0 aliphatic heterocycles. The monoisotopic (exact) mass is 339 g/mol. The van der Waals surface area contributed by atoms with Gasteiger partial charge in [-0.05, 0) is 43.3 Å². The van der Waals surface area contributed by atoms with Crippen molar-refractivity contribution in [1.82, 2.24) is 0 Å². The van der Waals surface area contributed by atoms with Gasteiger partial charge in [0.05, 0.1) is 24.4 Å². The van der Waals surface area contributed by atoms with E-state index in [1.807, 2.05) is 6.92 Å². The smallest absolute Gasteiger partial charge is 0.255 e. The van der Waals surface area contributed by atoms with Crippen LogP contribution in [0.15, 0.2) is 36.4 Å². The lowest BCUT2D eigenvalue weighted by Gasteiger charge is -2.12. The van der Waals surface area contributed by atoms with E-state index in [9.17, 15) is 4.79 Å². The topological polar surface area (TPSA) is 47.6 Å². The Kier molecular flexibility index (Phi) is 5.52. The lowest BCUT2D eigenvalue weighted by molar-refractivity contribution is 0.102. The highest BCUT2D eigenvalue weighted by molar-refractivity contribution is 6.36. The molecule has 0 atom stereocenters. The van der Waals surface area contributed by atoms with Gasteiger partial charge in [0.1, 0.15) is 0 Å². The molecule has 0 radical (unpaired) electrons. The minimum Gasteiger partial charge on any atom is -0.493 e. The molecule has 0 fully saturated rings. The van der Waals surface area contributed by atoms with E-state index in [4.69, 9.17) is 32.7 Å². The average Bonchev–Trinajstić information content (AvgIpc) is 2.50. The number of carbonyl (C=O) groups is 1. The van der Waals surface area contributed by atoms with E-state index in [0.29, 0.717) is 39.4 Å². The zero-order chi connectivity index (χ0) is 16.1. The average molecular weight is 340 g/mol. The van der Waals surface area contributed by atoms with Gasteiger partial charge in [0.15, 0.2) is 11.5 Å². The van der Waals surface area contributed by atoms with Crippen molar-refractivity contribution in [2.75, 3.05) is 19.0 Å². The normalized spacial score (nSPS) is 10.2. The van der Waals surface area contributed by atoms with Crippen LogP contribution >= 0.6 is 23.2 Å². The maximum Gasteiger partial charge on any atom is 0.255 e. The summed E-state index contributed by atoms with van der Waals surface area (Å²) in [7, 11) is 1.52. The minimum atomic E-state index is -0.300. The summed E-state index contributed by atoms with van der Waals surface area (Å²) in [5, 5.41) is 3.61. The number of amides is 1. The van der Waals surface area contributed by atoms with Gasteiger partial charge in [0.25, 0.3) is 5.91 Å². The van der Waals surface area contributed by atoms with Crippen LogP contribution in [0.2, 0.25) is 10.0 Å². The van der Waals surface area contributed by atoms with E-state index in [-0.39, 0.29) is 5.91 Å². The SMILES string of the molecule is CCOc1ccc(C(=O)Nc2ccc(Cl)cc2Cl)cc1OC. The third-order valence-corrected chi connectivity index (χ3v) is 3.45. The lowest BCUT2D eigenvalue weighted by atomic mass is 10.2. The molecule has 116 valence electrons. The van der Waals surface area contributed by atoms with Gasteiger partial charge in [-0.1, -0.05) is 23.2 Å². The third-order valence-electron chi connectivity index (χ3n) is 2.90. The summed E-state index contributed by atoms with van der Waals surface area (Å²) >= 11 is 11.9. The molecule has 2 rings (SSSR count). The molecular formula is C16H15Cl2NO3. The molecule has 0 aromatic heterocycles. The Hall–Kier alpha value is -1.91. The van der Waals surface area contributed by atoms with E-state index < -0.39 is 0 Å². The van der Waals surface area contributed by atoms with Gasteiger partial charge in [0, 0.05) is 10.6 Å². The number of ether oxygens (including phenoxy) is 2. The first-order valence-electron chi connectivity index (χ1n) is 6.62. The Labute approximate surface area is 138 Å². The fraction of sp³-hybridized carbons (Fsp3) is 0.188. The molecule has 6 heteroatoms. The molecule has 0 saturated heterocycles. The molecule has 1 amide bonds. The second-order valence-electron chi connectivity index (χ2n) is 4.38. The number of anilines is 1. The van der Waals surface area contributed by atoms with Crippen LogP contribution in [0.4, 0.5) is 5.69 Å². The number of nitrogens with one attached hydrogen (secondary N) is 1. The maximum absolute atomic E-state index is 12.3. The van der Waals surface area contributed by atoms with Gasteiger partial charge in [-0.15, -0.1) is 0 Å². The Balaban J connectivity index is 2.22. The summed E-state index contributed by atoms with van der Waals surface area (Å²) in [6.45, 7) is 2.39. The van der Waals surface area contributed by atoms with E-state index in [2.05, 4.69) is 5.32 Å². The molecule has 22 heavy (non-hydrogen) atoms. The van der Waals surface area contributed by atoms with Gasteiger partial charge < -0.3 is 14.8 Å². The van der Waals surface area contributed by atoms with Crippen molar-refractivity contribution in [1.29, 1.82) is 0 Å². The first kappa shape index (κ1) is 16.5.